The van der Waals surface area contributed by atoms with Crippen molar-refractivity contribution >= 4 is 17.9 Å². The third kappa shape index (κ3) is 1.95. The summed E-state index contributed by atoms with van der Waals surface area (Å²) in [5.41, 5.74) is 4.04. The molecule has 0 N–H and O–H groups in total. The van der Waals surface area contributed by atoms with Crippen LogP contribution in [0.2, 0.25) is 5.15 Å². The molecule has 18 heavy (non-hydrogen) atoms. The minimum absolute atomic E-state index is 0.527. The van der Waals surface area contributed by atoms with E-state index in [1.807, 2.05) is 20.8 Å². The van der Waals surface area contributed by atoms with Crippen molar-refractivity contribution in [3.63, 3.8) is 0 Å². The molecule has 2 heterocycles. The Morgan fingerprint density at radius 3 is 2.33 bits per heavy atom. The largest absolute Gasteiger partial charge is 0.298 e. The van der Waals surface area contributed by atoms with Crippen molar-refractivity contribution in [2.24, 2.45) is 7.05 Å². The van der Waals surface area contributed by atoms with Crippen molar-refractivity contribution in [1.29, 1.82) is 0 Å². The summed E-state index contributed by atoms with van der Waals surface area (Å²) in [5, 5.41) is 9.22. The lowest BCUT2D eigenvalue weighted by atomic mass is 10.2. The molecule has 6 heteroatoms. The number of aryl methyl sites for hydroxylation is 3. The van der Waals surface area contributed by atoms with Gasteiger partial charge in [-0.2, -0.15) is 10.2 Å². The lowest BCUT2D eigenvalue weighted by molar-refractivity contribution is 0.112. The van der Waals surface area contributed by atoms with Gasteiger partial charge in [-0.05, 0) is 20.8 Å². The molecule has 0 saturated heterocycles. The smallest absolute Gasteiger partial charge is 0.153 e. The van der Waals surface area contributed by atoms with Crippen LogP contribution in [-0.2, 0) is 13.6 Å². The number of nitrogens with zero attached hydrogens (tertiary/aromatic N) is 4. The Bertz CT molecular complexity index is 612. The first-order valence-corrected chi connectivity index (χ1v) is 6.00. The van der Waals surface area contributed by atoms with Crippen LogP contribution < -0.4 is 0 Å². The summed E-state index contributed by atoms with van der Waals surface area (Å²) in [6, 6.07) is 0. The summed E-state index contributed by atoms with van der Waals surface area (Å²) in [5.74, 6) is 0. The predicted molar refractivity (Wildman–Crippen MR) is 69.1 cm³/mol. The standard InChI is InChI=1S/C12H15ClN4O/c1-7-10(12(13)16(4)14-7)5-17-9(3)11(6-18)8(2)15-17/h6H,5H2,1-4H3. The number of hydrogen-bond acceptors (Lipinski definition) is 3. The van der Waals surface area contributed by atoms with Gasteiger partial charge < -0.3 is 0 Å². The SMILES string of the molecule is Cc1nn(Cc2c(C)nn(C)c2Cl)c(C)c1C=O. The van der Waals surface area contributed by atoms with Crippen LogP contribution >= 0.6 is 11.6 Å². The van der Waals surface area contributed by atoms with Gasteiger partial charge in [0, 0.05) is 18.3 Å². The first-order chi connectivity index (χ1) is 8.45. The van der Waals surface area contributed by atoms with Crippen molar-refractivity contribution in [3.8, 4) is 0 Å². The Balaban J connectivity index is 2.43. The van der Waals surface area contributed by atoms with Crippen LogP contribution in [0.3, 0.4) is 0 Å². The first kappa shape index (κ1) is 12.8. The van der Waals surface area contributed by atoms with Crippen LogP contribution in [0.15, 0.2) is 0 Å². The summed E-state index contributed by atoms with van der Waals surface area (Å²) in [4.78, 5) is 11.0. The zero-order chi connectivity index (χ0) is 13.4. The molecule has 0 atom stereocenters. The molecule has 0 saturated carbocycles. The number of aromatic nitrogens is 4. The molecule has 0 aromatic carbocycles. The van der Waals surface area contributed by atoms with Gasteiger partial charge in [-0.3, -0.25) is 14.2 Å². The highest BCUT2D eigenvalue weighted by atomic mass is 35.5. The topological polar surface area (TPSA) is 52.7 Å². The molecule has 0 unspecified atom stereocenters. The average molecular weight is 267 g/mol. The van der Waals surface area contributed by atoms with E-state index in [4.69, 9.17) is 11.6 Å². The summed E-state index contributed by atoms with van der Waals surface area (Å²) in [6.45, 7) is 6.14. The van der Waals surface area contributed by atoms with E-state index < -0.39 is 0 Å². The second-order valence-electron chi connectivity index (χ2n) is 4.34. The van der Waals surface area contributed by atoms with Crippen LogP contribution in [0.1, 0.15) is 33.0 Å². The number of halogens is 1. The van der Waals surface area contributed by atoms with Gasteiger partial charge in [0.05, 0.1) is 23.5 Å². The molecule has 0 aliphatic rings. The summed E-state index contributed by atoms with van der Waals surface area (Å²) in [6.07, 6.45) is 0.839. The van der Waals surface area contributed by atoms with E-state index in [2.05, 4.69) is 10.2 Å². The molecule has 2 aromatic heterocycles. The van der Waals surface area contributed by atoms with Gasteiger partial charge in [-0.1, -0.05) is 11.6 Å². The third-order valence-electron chi connectivity index (χ3n) is 3.13. The van der Waals surface area contributed by atoms with E-state index in [0.29, 0.717) is 17.3 Å². The zero-order valence-electron chi connectivity index (χ0n) is 10.9. The average Bonchev–Trinajstić information content (AvgIpc) is 2.71. The Morgan fingerprint density at radius 1 is 1.22 bits per heavy atom. The number of hydrogen-bond donors (Lipinski definition) is 0. The van der Waals surface area contributed by atoms with Gasteiger partial charge >= 0.3 is 0 Å². The van der Waals surface area contributed by atoms with Gasteiger partial charge in [-0.15, -0.1) is 0 Å². The Morgan fingerprint density at radius 2 is 1.89 bits per heavy atom. The normalized spacial score (nSPS) is 10.9. The maximum Gasteiger partial charge on any atom is 0.153 e. The molecule has 2 rings (SSSR count). The molecule has 0 aliphatic carbocycles. The molecule has 0 aliphatic heterocycles. The minimum atomic E-state index is 0.527. The maximum atomic E-state index is 11.0. The molecule has 5 nitrogen and oxygen atoms in total. The van der Waals surface area contributed by atoms with E-state index in [1.54, 1.807) is 16.4 Å². The van der Waals surface area contributed by atoms with Crippen molar-refractivity contribution in [3.05, 3.63) is 33.4 Å². The highest BCUT2D eigenvalue weighted by molar-refractivity contribution is 6.30. The van der Waals surface area contributed by atoms with Crippen molar-refractivity contribution in [1.82, 2.24) is 19.6 Å². The van der Waals surface area contributed by atoms with Crippen LogP contribution in [0.5, 0.6) is 0 Å². The monoisotopic (exact) mass is 266 g/mol. The van der Waals surface area contributed by atoms with Crippen LogP contribution in [-0.4, -0.2) is 25.8 Å². The van der Waals surface area contributed by atoms with E-state index in [1.165, 1.54) is 0 Å². The lowest BCUT2D eigenvalue weighted by Gasteiger charge is -2.04. The lowest BCUT2D eigenvalue weighted by Crippen LogP contribution is -2.05. The van der Waals surface area contributed by atoms with E-state index >= 15 is 0 Å². The molecule has 2 aromatic rings. The van der Waals surface area contributed by atoms with Crippen LogP contribution in [0.25, 0.3) is 0 Å². The summed E-state index contributed by atoms with van der Waals surface area (Å²) >= 11 is 6.19. The highest BCUT2D eigenvalue weighted by Gasteiger charge is 2.16. The van der Waals surface area contributed by atoms with Crippen LogP contribution in [0, 0.1) is 20.8 Å². The fourth-order valence-corrected chi connectivity index (χ4v) is 2.27. The Kier molecular flexibility index (Phi) is 3.26. The molecule has 96 valence electrons. The van der Waals surface area contributed by atoms with E-state index in [0.717, 1.165) is 28.9 Å². The van der Waals surface area contributed by atoms with Gasteiger partial charge in [0.1, 0.15) is 5.15 Å². The molecule has 0 spiro atoms. The molecule has 0 amide bonds. The molecule has 0 fully saturated rings. The van der Waals surface area contributed by atoms with Crippen LogP contribution in [0.4, 0.5) is 0 Å². The quantitative estimate of drug-likeness (QED) is 0.799. The zero-order valence-corrected chi connectivity index (χ0v) is 11.6. The second kappa shape index (κ2) is 4.57. The minimum Gasteiger partial charge on any atom is -0.298 e. The van der Waals surface area contributed by atoms with Crippen molar-refractivity contribution in [2.45, 2.75) is 27.3 Å². The van der Waals surface area contributed by atoms with Crippen molar-refractivity contribution < 1.29 is 4.79 Å². The number of aldehydes is 1. The Hall–Kier alpha value is -1.62. The third-order valence-corrected chi connectivity index (χ3v) is 3.61. The Labute approximate surface area is 110 Å². The molecule has 0 radical (unpaired) electrons. The first-order valence-electron chi connectivity index (χ1n) is 5.62. The summed E-state index contributed by atoms with van der Waals surface area (Å²) in [7, 11) is 1.80. The van der Waals surface area contributed by atoms with E-state index in [-0.39, 0.29) is 0 Å². The summed E-state index contributed by atoms with van der Waals surface area (Å²) < 4.78 is 3.42. The van der Waals surface area contributed by atoms with Gasteiger partial charge in [-0.25, -0.2) is 0 Å². The van der Waals surface area contributed by atoms with Gasteiger partial charge in [0.2, 0.25) is 0 Å². The van der Waals surface area contributed by atoms with Gasteiger partial charge in [0.25, 0.3) is 0 Å². The molecular weight excluding hydrogens is 252 g/mol. The molecule has 0 bridgehead atoms. The van der Waals surface area contributed by atoms with Crippen molar-refractivity contribution in [2.75, 3.05) is 0 Å². The number of carbonyl (C=O) groups excluding carboxylic acids is 1. The fraction of sp³-hybridized carbons (Fsp3) is 0.417. The highest BCUT2D eigenvalue weighted by Crippen LogP contribution is 2.21. The molecular formula is C12H15ClN4O. The second-order valence-corrected chi connectivity index (χ2v) is 4.70. The number of rotatable bonds is 3. The number of carbonyl (C=O) groups is 1. The predicted octanol–water partition coefficient (Wildman–Crippen LogP) is 2.06. The fourth-order valence-electron chi connectivity index (χ4n) is 2.04. The van der Waals surface area contributed by atoms with Gasteiger partial charge in [0.15, 0.2) is 6.29 Å². The maximum absolute atomic E-state index is 11.0. The van der Waals surface area contributed by atoms with E-state index in [9.17, 15) is 4.79 Å².